The first-order valence-corrected chi connectivity index (χ1v) is 15.5. The summed E-state index contributed by atoms with van der Waals surface area (Å²) in [7, 11) is 1.81. The van der Waals surface area contributed by atoms with Crippen molar-refractivity contribution >= 4 is 33.9 Å². The molecule has 1 saturated carbocycles. The summed E-state index contributed by atoms with van der Waals surface area (Å²) in [5.41, 5.74) is 3.69. The fraction of sp³-hybridized carbons (Fsp3) is 0.455. The highest BCUT2D eigenvalue weighted by molar-refractivity contribution is 6.00. The number of halogens is 3. The van der Waals surface area contributed by atoms with Crippen molar-refractivity contribution in [1.29, 1.82) is 0 Å². The van der Waals surface area contributed by atoms with Crippen LogP contribution in [0.5, 0.6) is 0 Å². The molecule has 7 rings (SSSR count). The van der Waals surface area contributed by atoms with Crippen molar-refractivity contribution in [2.75, 3.05) is 13.1 Å². The predicted octanol–water partition coefficient (Wildman–Crippen LogP) is 4.74. The SMILES string of the molecule is Cc1cc2c(cc1C(=O)N[C@H]1CNCC[C@@H]1F)nc(-c1cc3ccc4nc3n1CC(F)(F)/C=C/C[C@H]1C[C@@H]1C(=O)N[C@@H]4C)n2C. The summed E-state index contributed by atoms with van der Waals surface area (Å²) in [6.45, 7) is 3.93. The van der Waals surface area contributed by atoms with E-state index in [2.05, 4.69) is 16.0 Å². The molecule has 1 aliphatic carbocycles. The van der Waals surface area contributed by atoms with E-state index in [1.54, 1.807) is 26.1 Å². The van der Waals surface area contributed by atoms with Gasteiger partial charge < -0.3 is 25.1 Å². The molecule has 2 fully saturated rings. The highest BCUT2D eigenvalue weighted by atomic mass is 19.3. The Morgan fingerprint density at radius 2 is 2.00 bits per heavy atom. The van der Waals surface area contributed by atoms with E-state index in [0.29, 0.717) is 77.2 Å². The van der Waals surface area contributed by atoms with Crippen LogP contribution in [0, 0.1) is 18.8 Å². The molecule has 9 nitrogen and oxygen atoms in total. The molecule has 5 atom stereocenters. The van der Waals surface area contributed by atoms with Crippen LogP contribution in [0.1, 0.15) is 53.8 Å². The van der Waals surface area contributed by atoms with Gasteiger partial charge in [0.05, 0.1) is 41.0 Å². The number of piperidine rings is 1. The van der Waals surface area contributed by atoms with Crippen LogP contribution < -0.4 is 16.0 Å². The van der Waals surface area contributed by atoms with Crippen molar-refractivity contribution in [3.05, 3.63) is 59.3 Å². The van der Waals surface area contributed by atoms with Gasteiger partial charge in [0.2, 0.25) is 5.91 Å². The molecule has 2 bridgehead atoms. The fourth-order valence-corrected chi connectivity index (χ4v) is 6.66. The number of carbonyl (C=O) groups is 2. The van der Waals surface area contributed by atoms with Crippen LogP contribution in [-0.4, -0.2) is 62.1 Å². The summed E-state index contributed by atoms with van der Waals surface area (Å²) < 4.78 is 48.8. The molecular weight excluding hydrogens is 583 g/mol. The van der Waals surface area contributed by atoms with Crippen LogP contribution in [0.4, 0.5) is 13.2 Å². The number of nitrogens with zero attached hydrogens (tertiary/aromatic N) is 4. The summed E-state index contributed by atoms with van der Waals surface area (Å²) in [4.78, 5) is 35.6. The van der Waals surface area contributed by atoms with Crippen molar-refractivity contribution in [1.82, 2.24) is 35.1 Å². The molecule has 3 aliphatic rings. The van der Waals surface area contributed by atoms with Crippen molar-refractivity contribution in [3.63, 3.8) is 0 Å². The zero-order valence-electron chi connectivity index (χ0n) is 25.4. The van der Waals surface area contributed by atoms with Crippen LogP contribution in [0.15, 0.2) is 42.5 Å². The third-order valence-corrected chi connectivity index (χ3v) is 9.41. The lowest BCUT2D eigenvalue weighted by Gasteiger charge is -2.27. The Labute approximate surface area is 258 Å². The number of alkyl halides is 3. The number of fused-ring (bicyclic) bond motifs is 3. The molecule has 2 amide bonds. The minimum absolute atomic E-state index is 0.0634. The molecule has 4 aromatic rings. The Bertz CT molecular complexity index is 1860. The van der Waals surface area contributed by atoms with Gasteiger partial charge in [-0.3, -0.25) is 9.59 Å². The number of aromatic nitrogens is 4. The predicted molar refractivity (Wildman–Crippen MR) is 165 cm³/mol. The lowest BCUT2D eigenvalue weighted by atomic mass is 10.0. The molecule has 5 heterocycles. The lowest BCUT2D eigenvalue weighted by Crippen LogP contribution is -2.52. The number of aryl methyl sites for hydroxylation is 2. The Kier molecular flexibility index (Phi) is 7.22. The Morgan fingerprint density at radius 3 is 2.80 bits per heavy atom. The molecule has 1 saturated heterocycles. The lowest BCUT2D eigenvalue weighted by molar-refractivity contribution is -0.123. The molecule has 236 valence electrons. The number of carbonyl (C=O) groups excluding carboxylic acids is 2. The van der Waals surface area contributed by atoms with E-state index in [1.807, 2.05) is 29.7 Å². The van der Waals surface area contributed by atoms with Gasteiger partial charge in [0.15, 0.2) is 5.82 Å². The maximum atomic E-state index is 15.5. The Hall–Kier alpha value is -4.19. The van der Waals surface area contributed by atoms with Gasteiger partial charge in [0, 0.05) is 30.5 Å². The number of nitrogens with one attached hydrogen (secondary N) is 3. The highest BCUT2D eigenvalue weighted by Crippen LogP contribution is 2.42. The number of hydrogen-bond acceptors (Lipinski definition) is 5. The standard InChI is InChI=1S/C33H36F3N7O2/c1-17-11-27-25(14-21(17)31(44)41-26-15-37-10-8-23(26)34)40-30(42(27)3)28-13-20-6-7-24-18(2)38-32(45)22-12-19(22)5-4-9-33(35,36)16-43(28)29(20)39-24/h4,6-7,9,11,13-14,18-19,22-23,26,37H,5,8,10,12,15-16H2,1-3H3,(H,38,45)(H,41,44)/b9-4+/t18-,19+,22+,23+,26+/m1/s1. The molecule has 3 N–H and O–H groups in total. The van der Waals surface area contributed by atoms with Crippen LogP contribution in [0.3, 0.4) is 0 Å². The summed E-state index contributed by atoms with van der Waals surface area (Å²) in [6.07, 6.45) is 2.73. The van der Waals surface area contributed by atoms with Gasteiger partial charge in [0.1, 0.15) is 11.8 Å². The molecule has 12 heteroatoms. The van der Waals surface area contributed by atoms with Crippen LogP contribution in [0.2, 0.25) is 0 Å². The number of benzene rings is 1. The molecule has 0 spiro atoms. The van der Waals surface area contributed by atoms with E-state index in [4.69, 9.17) is 9.97 Å². The fourth-order valence-electron chi connectivity index (χ4n) is 6.66. The average molecular weight is 620 g/mol. The van der Waals surface area contributed by atoms with E-state index < -0.39 is 30.7 Å². The second kappa shape index (κ2) is 11.0. The molecule has 0 unspecified atom stereocenters. The minimum Gasteiger partial charge on any atom is -0.348 e. The summed E-state index contributed by atoms with van der Waals surface area (Å²) in [5.74, 6) is -3.31. The molecule has 3 aromatic heterocycles. The van der Waals surface area contributed by atoms with Gasteiger partial charge >= 0.3 is 0 Å². The van der Waals surface area contributed by atoms with Crippen LogP contribution in [-0.2, 0) is 18.4 Å². The van der Waals surface area contributed by atoms with Gasteiger partial charge in [-0.1, -0.05) is 6.08 Å². The van der Waals surface area contributed by atoms with Gasteiger partial charge in [-0.05, 0) is 87.5 Å². The first-order valence-electron chi connectivity index (χ1n) is 15.5. The van der Waals surface area contributed by atoms with E-state index in [1.165, 1.54) is 10.6 Å². The number of pyridine rings is 1. The number of amides is 2. The van der Waals surface area contributed by atoms with E-state index in [0.717, 1.165) is 11.6 Å². The number of rotatable bonds is 3. The second-order valence-electron chi connectivity index (χ2n) is 12.7. The minimum atomic E-state index is -3.19. The number of imidazole rings is 1. The molecule has 0 radical (unpaired) electrons. The van der Waals surface area contributed by atoms with E-state index in [-0.39, 0.29) is 23.7 Å². The normalized spacial score (nSPS) is 27.2. The first kappa shape index (κ1) is 29.5. The van der Waals surface area contributed by atoms with E-state index >= 15 is 8.78 Å². The van der Waals surface area contributed by atoms with Gasteiger partial charge in [-0.15, -0.1) is 0 Å². The zero-order valence-corrected chi connectivity index (χ0v) is 25.4. The molecular formula is C33H36F3N7O2. The Morgan fingerprint density at radius 1 is 1.18 bits per heavy atom. The highest BCUT2D eigenvalue weighted by Gasteiger charge is 2.42. The maximum absolute atomic E-state index is 15.5. The van der Waals surface area contributed by atoms with Crippen molar-refractivity contribution in [2.45, 2.75) is 63.8 Å². The van der Waals surface area contributed by atoms with Crippen LogP contribution in [0.25, 0.3) is 33.6 Å². The maximum Gasteiger partial charge on any atom is 0.284 e. The summed E-state index contributed by atoms with van der Waals surface area (Å²) >= 11 is 0. The van der Waals surface area contributed by atoms with Gasteiger partial charge in [-0.2, -0.15) is 8.78 Å². The van der Waals surface area contributed by atoms with E-state index in [9.17, 15) is 14.0 Å². The molecule has 45 heavy (non-hydrogen) atoms. The van der Waals surface area contributed by atoms with Gasteiger partial charge in [0.25, 0.3) is 11.8 Å². The average Bonchev–Trinajstić information content (AvgIpc) is 3.60. The van der Waals surface area contributed by atoms with Gasteiger partial charge in [-0.25, -0.2) is 14.4 Å². The third-order valence-electron chi connectivity index (χ3n) is 9.41. The second-order valence-corrected chi connectivity index (χ2v) is 12.7. The number of hydrogen-bond donors (Lipinski definition) is 3. The molecule has 2 aliphatic heterocycles. The molecule has 1 aromatic carbocycles. The first-order chi connectivity index (χ1) is 21.5. The van der Waals surface area contributed by atoms with Crippen molar-refractivity contribution < 1.29 is 22.8 Å². The summed E-state index contributed by atoms with van der Waals surface area (Å²) in [5, 5.41) is 9.62. The van der Waals surface area contributed by atoms with Crippen molar-refractivity contribution in [2.24, 2.45) is 18.9 Å². The smallest absolute Gasteiger partial charge is 0.284 e. The van der Waals surface area contributed by atoms with Crippen molar-refractivity contribution in [3.8, 4) is 11.5 Å². The Balaban J connectivity index is 1.31. The largest absolute Gasteiger partial charge is 0.348 e. The number of allylic oxidation sites excluding steroid dienone is 2. The third kappa shape index (κ3) is 5.49. The zero-order chi connectivity index (χ0) is 31.6. The monoisotopic (exact) mass is 619 g/mol. The topological polar surface area (TPSA) is 106 Å². The quantitative estimate of drug-likeness (QED) is 0.288. The van der Waals surface area contributed by atoms with Crippen LogP contribution >= 0.6 is 0 Å². The summed E-state index contributed by atoms with van der Waals surface area (Å²) in [6, 6.07) is 7.91.